The Morgan fingerprint density at radius 1 is 1.35 bits per heavy atom. The number of hydrogen-bond donors (Lipinski definition) is 1. The van der Waals surface area contributed by atoms with Crippen LogP contribution in [-0.2, 0) is 9.53 Å². The van der Waals surface area contributed by atoms with Gasteiger partial charge in [-0.25, -0.2) is 4.98 Å². The molecule has 3 rings (SSSR count). The number of nitriles is 1. The summed E-state index contributed by atoms with van der Waals surface area (Å²) in [6.45, 7) is 5.87. The number of methoxy groups -OCH3 is 1. The highest BCUT2D eigenvalue weighted by atomic mass is 16.5. The number of aromatic nitrogens is 2. The first kappa shape index (κ1) is 22.5. The van der Waals surface area contributed by atoms with Gasteiger partial charge in [-0.2, -0.15) is 5.26 Å². The van der Waals surface area contributed by atoms with Crippen LogP contribution in [0.2, 0.25) is 0 Å². The van der Waals surface area contributed by atoms with E-state index in [2.05, 4.69) is 10.2 Å². The molecular weight excluding hydrogens is 396 g/mol. The second-order valence-electron chi connectivity index (χ2n) is 7.60. The highest BCUT2D eigenvalue weighted by Gasteiger charge is 2.22. The Hall–Kier alpha value is -3.22. The quantitative estimate of drug-likeness (QED) is 0.399. The van der Waals surface area contributed by atoms with E-state index in [9.17, 15) is 14.9 Å². The number of carbonyl (C=O) groups is 1. The van der Waals surface area contributed by atoms with Gasteiger partial charge in [0.1, 0.15) is 23.1 Å². The van der Waals surface area contributed by atoms with Crippen LogP contribution in [0.4, 0.5) is 5.82 Å². The number of fused-ring (bicyclic) bond motifs is 1. The van der Waals surface area contributed by atoms with Gasteiger partial charge in [-0.1, -0.05) is 6.07 Å². The largest absolute Gasteiger partial charge is 0.385 e. The summed E-state index contributed by atoms with van der Waals surface area (Å²) in [5.41, 5.74) is 1.26. The van der Waals surface area contributed by atoms with Gasteiger partial charge in [-0.05, 0) is 38.1 Å². The van der Waals surface area contributed by atoms with E-state index in [-0.39, 0.29) is 16.7 Å². The highest BCUT2D eigenvalue weighted by molar-refractivity contribution is 6.02. The summed E-state index contributed by atoms with van der Waals surface area (Å²) in [5, 5.41) is 12.3. The van der Waals surface area contributed by atoms with Gasteiger partial charge in [0.2, 0.25) is 0 Å². The number of carbonyl (C=O) groups excluding carboxylic acids is 1. The van der Waals surface area contributed by atoms with Gasteiger partial charge in [-0.3, -0.25) is 14.0 Å². The first-order valence-corrected chi connectivity index (χ1v) is 10.3. The van der Waals surface area contributed by atoms with E-state index in [1.54, 1.807) is 19.4 Å². The molecule has 3 heterocycles. The molecule has 1 saturated heterocycles. The van der Waals surface area contributed by atoms with Crippen LogP contribution in [0, 0.1) is 18.3 Å². The molecule has 9 nitrogen and oxygen atoms in total. The normalized spacial score (nSPS) is 15.2. The average molecular weight is 425 g/mol. The van der Waals surface area contributed by atoms with Crippen molar-refractivity contribution in [3.05, 3.63) is 45.4 Å². The lowest BCUT2D eigenvalue weighted by Gasteiger charge is -2.34. The summed E-state index contributed by atoms with van der Waals surface area (Å²) < 4.78 is 6.44. The Morgan fingerprint density at radius 3 is 2.77 bits per heavy atom. The van der Waals surface area contributed by atoms with Crippen LogP contribution in [-0.4, -0.2) is 73.7 Å². The molecule has 0 spiro atoms. The fourth-order valence-electron chi connectivity index (χ4n) is 3.49. The zero-order valence-electron chi connectivity index (χ0n) is 18.2. The molecule has 0 atom stereocenters. The SMILES string of the molecule is COCCCNC(=O)C(C#N)=Cc1c(N2CCN(C)CC2)nc2c(C)cccn2c1=O. The van der Waals surface area contributed by atoms with Crippen molar-refractivity contribution in [3.63, 3.8) is 0 Å². The molecule has 0 unspecified atom stereocenters. The van der Waals surface area contributed by atoms with Crippen LogP contribution in [0.25, 0.3) is 11.7 Å². The Morgan fingerprint density at radius 2 is 2.10 bits per heavy atom. The summed E-state index contributed by atoms with van der Waals surface area (Å²) in [6.07, 6.45) is 3.65. The molecule has 2 aromatic rings. The van der Waals surface area contributed by atoms with E-state index >= 15 is 0 Å². The number of anilines is 1. The van der Waals surface area contributed by atoms with Crippen LogP contribution in [0.3, 0.4) is 0 Å². The summed E-state index contributed by atoms with van der Waals surface area (Å²) in [5.74, 6) is -0.0102. The first-order chi connectivity index (χ1) is 15.0. The van der Waals surface area contributed by atoms with Crippen molar-refractivity contribution < 1.29 is 9.53 Å². The van der Waals surface area contributed by atoms with E-state index < -0.39 is 5.91 Å². The number of hydrogen-bond acceptors (Lipinski definition) is 7. The van der Waals surface area contributed by atoms with Gasteiger partial charge < -0.3 is 19.9 Å². The van der Waals surface area contributed by atoms with E-state index in [1.165, 1.54) is 10.5 Å². The molecule has 1 amide bonds. The standard InChI is InChI=1S/C22H28N6O3/c1-16-6-4-8-28-19(16)25-20(27-11-9-26(2)10-12-27)18(22(28)30)14-17(15-23)21(29)24-7-5-13-31-3/h4,6,8,14H,5,7,9-13H2,1-3H3,(H,24,29). The number of rotatable bonds is 7. The van der Waals surface area contributed by atoms with Crippen molar-refractivity contribution in [3.8, 4) is 6.07 Å². The molecule has 0 aliphatic carbocycles. The van der Waals surface area contributed by atoms with E-state index in [0.717, 1.165) is 18.7 Å². The lowest BCUT2D eigenvalue weighted by Crippen LogP contribution is -2.45. The lowest BCUT2D eigenvalue weighted by atomic mass is 10.1. The van der Waals surface area contributed by atoms with Crippen LogP contribution < -0.4 is 15.8 Å². The fourth-order valence-corrected chi connectivity index (χ4v) is 3.49. The third kappa shape index (κ3) is 5.10. The van der Waals surface area contributed by atoms with Gasteiger partial charge in [0.15, 0.2) is 0 Å². The summed E-state index contributed by atoms with van der Waals surface area (Å²) >= 11 is 0. The Labute approximate surface area is 181 Å². The highest BCUT2D eigenvalue weighted by Crippen LogP contribution is 2.21. The summed E-state index contributed by atoms with van der Waals surface area (Å²) in [4.78, 5) is 34.9. The maximum absolute atomic E-state index is 13.4. The zero-order valence-corrected chi connectivity index (χ0v) is 18.2. The Balaban J connectivity index is 2.06. The number of amides is 1. The van der Waals surface area contributed by atoms with Crippen molar-refractivity contribution in [1.82, 2.24) is 19.6 Å². The number of ether oxygens (including phenoxy) is 1. The van der Waals surface area contributed by atoms with Gasteiger partial charge in [-0.15, -0.1) is 0 Å². The molecule has 2 aromatic heterocycles. The zero-order chi connectivity index (χ0) is 22.4. The van der Waals surface area contributed by atoms with E-state index in [4.69, 9.17) is 9.72 Å². The Kier molecular flexibility index (Phi) is 7.39. The van der Waals surface area contributed by atoms with Gasteiger partial charge in [0.05, 0.1) is 5.56 Å². The molecule has 164 valence electrons. The molecule has 1 aliphatic rings. The second-order valence-corrected chi connectivity index (χ2v) is 7.60. The van der Waals surface area contributed by atoms with Crippen LogP contribution >= 0.6 is 0 Å². The van der Waals surface area contributed by atoms with Crippen LogP contribution in [0.15, 0.2) is 28.7 Å². The molecule has 1 aliphatic heterocycles. The summed E-state index contributed by atoms with van der Waals surface area (Å²) in [7, 11) is 3.64. The smallest absolute Gasteiger partial charge is 0.267 e. The van der Waals surface area contributed by atoms with Crippen molar-refractivity contribution in [2.45, 2.75) is 13.3 Å². The van der Waals surface area contributed by atoms with Crippen molar-refractivity contribution >= 4 is 23.4 Å². The van der Waals surface area contributed by atoms with Crippen LogP contribution in [0.5, 0.6) is 0 Å². The van der Waals surface area contributed by atoms with E-state index in [0.29, 0.717) is 44.1 Å². The molecule has 0 bridgehead atoms. The van der Waals surface area contributed by atoms with Gasteiger partial charge >= 0.3 is 0 Å². The minimum absolute atomic E-state index is 0.126. The minimum atomic E-state index is -0.517. The fraction of sp³-hybridized carbons (Fsp3) is 0.455. The molecule has 1 N–H and O–H groups in total. The minimum Gasteiger partial charge on any atom is -0.385 e. The van der Waals surface area contributed by atoms with Crippen molar-refractivity contribution in [2.24, 2.45) is 0 Å². The number of nitrogens with zero attached hydrogens (tertiary/aromatic N) is 5. The second kappa shape index (κ2) is 10.2. The average Bonchev–Trinajstić information content (AvgIpc) is 2.77. The van der Waals surface area contributed by atoms with Gasteiger partial charge in [0.25, 0.3) is 11.5 Å². The maximum Gasteiger partial charge on any atom is 0.267 e. The van der Waals surface area contributed by atoms with Crippen molar-refractivity contribution in [1.29, 1.82) is 5.26 Å². The van der Waals surface area contributed by atoms with Crippen LogP contribution in [0.1, 0.15) is 17.5 Å². The topological polar surface area (TPSA) is 103 Å². The third-order valence-corrected chi connectivity index (χ3v) is 5.33. The van der Waals surface area contributed by atoms with Crippen molar-refractivity contribution in [2.75, 3.05) is 58.4 Å². The number of pyridine rings is 1. The lowest BCUT2D eigenvalue weighted by molar-refractivity contribution is -0.117. The molecule has 1 fully saturated rings. The number of nitrogens with one attached hydrogen (secondary N) is 1. The molecule has 0 saturated carbocycles. The Bertz CT molecular complexity index is 1080. The molecule has 0 radical (unpaired) electrons. The molecule has 31 heavy (non-hydrogen) atoms. The predicted octanol–water partition coefficient (Wildman–Crippen LogP) is 0.814. The first-order valence-electron chi connectivity index (χ1n) is 10.3. The number of piperazine rings is 1. The predicted molar refractivity (Wildman–Crippen MR) is 119 cm³/mol. The molecule has 9 heteroatoms. The monoisotopic (exact) mass is 424 g/mol. The third-order valence-electron chi connectivity index (χ3n) is 5.33. The molecular formula is C22H28N6O3. The van der Waals surface area contributed by atoms with E-state index in [1.807, 2.05) is 31.0 Å². The van der Waals surface area contributed by atoms with Gasteiger partial charge in [0, 0.05) is 52.6 Å². The number of likely N-dealkylation sites (N-methyl/N-ethyl adjacent to an activating group) is 1. The molecule has 0 aromatic carbocycles. The summed E-state index contributed by atoms with van der Waals surface area (Å²) in [6, 6.07) is 5.61. The maximum atomic E-state index is 13.4. The number of aryl methyl sites for hydroxylation is 1.